The minimum atomic E-state index is -0.636. The summed E-state index contributed by atoms with van der Waals surface area (Å²) in [6, 6.07) is 14.7. The van der Waals surface area contributed by atoms with E-state index < -0.39 is 6.04 Å². The lowest BCUT2D eigenvalue weighted by atomic mass is 9.98. The second-order valence-electron chi connectivity index (χ2n) is 8.73. The van der Waals surface area contributed by atoms with Crippen LogP contribution >= 0.6 is 0 Å². The van der Waals surface area contributed by atoms with Crippen molar-refractivity contribution in [3.8, 4) is 0 Å². The predicted molar refractivity (Wildman–Crippen MR) is 120 cm³/mol. The highest BCUT2D eigenvalue weighted by Crippen LogP contribution is 2.28. The summed E-state index contributed by atoms with van der Waals surface area (Å²) in [5, 5.41) is 0. The number of hydrogen-bond donors (Lipinski definition) is 0. The molecule has 0 aliphatic carbocycles. The molecule has 3 atom stereocenters. The van der Waals surface area contributed by atoms with Crippen molar-refractivity contribution in [1.82, 2.24) is 14.8 Å². The number of ether oxygens (including phenoxy) is 1. The monoisotopic (exact) mass is 423 g/mol. The van der Waals surface area contributed by atoms with Crippen LogP contribution in [-0.2, 0) is 22.6 Å². The van der Waals surface area contributed by atoms with E-state index in [-0.39, 0.29) is 30.6 Å². The average Bonchev–Trinajstić information content (AvgIpc) is 3.13. The highest BCUT2D eigenvalue weighted by molar-refractivity contribution is 5.84. The quantitative estimate of drug-likeness (QED) is 0.628. The summed E-state index contributed by atoms with van der Waals surface area (Å²) in [5.41, 5.74) is 1.90. The molecule has 0 unspecified atom stereocenters. The van der Waals surface area contributed by atoms with E-state index in [4.69, 9.17) is 4.74 Å². The Balaban J connectivity index is 1.69. The average molecular weight is 424 g/mol. The van der Waals surface area contributed by atoms with Crippen LogP contribution in [0.25, 0.3) is 0 Å². The van der Waals surface area contributed by atoms with Gasteiger partial charge in [-0.1, -0.05) is 57.2 Å². The summed E-state index contributed by atoms with van der Waals surface area (Å²) in [6.45, 7) is 6.95. The largest absolute Gasteiger partial charge is 0.459 e. The molecule has 166 valence electrons. The highest BCUT2D eigenvalue weighted by Gasteiger charge is 2.40. The van der Waals surface area contributed by atoms with Crippen LogP contribution in [0.2, 0.25) is 0 Å². The third kappa shape index (κ3) is 5.63. The van der Waals surface area contributed by atoms with Crippen LogP contribution in [0.5, 0.6) is 0 Å². The summed E-state index contributed by atoms with van der Waals surface area (Å²) in [5.74, 6) is -0.0587. The zero-order valence-corrected chi connectivity index (χ0v) is 18.9. The van der Waals surface area contributed by atoms with Gasteiger partial charge in [0.1, 0.15) is 12.6 Å². The van der Waals surface area contributed by atoms with Crippen molar-refractivity contribution < 1.29 is 14.3 Å². The van der Waals surface area contributed by atoms with E-state index in [1.807, 2.05) is 67.3 Å². The van der Waals surface area contributed by atoms with Gasteiger partial charge in [0.05, 0.1) is 0 Å². The molecule has 1 aliphatic rings. The second kappa shape index (κ2) is 10.4. The number of pyridine rings is 1. The Kier molecular flexibility index (Phi) is 7.66. The van der Waals surface area contributed by atoms with Gasteiger partial charge < -0.3 is 14.5 Å². The Morgan fingerprint density at radius 1 is 1.16 bits per heavy atom. The van der Waals surface area contributed by atoms with E-state index >= 15 is 0 Å². The standard InChI is InChI=1S/C25H33N3O3/c1-18(2)23(24(29)31-17-20-10-6-5-7-11-20)27(4)25(30)28-15-13-19(3)22(28)16-21-12-8-9-14-26-21/h5-12,14,18-19,22-23H,13,15-17H2,1-4H3/t19-,22-,23+/m1/s1. The number of benzene rings is 1. The lowest BCUT2D eigenvalue weighted by molar-refractivity contribution is -0.151. The van der Waals surface area contributed by atoms with E-state index in [0.29, 0.717) is 18.9 Å². The number of likely N-dealkylation sites (tertiary alicyclic amines) is 1. The molecule has 3 rings (SSSR count). The lowest BCUT2D eigenvalue weighted by Gasteiger charge is -2.35. The van der Waals surface area contributed by atoms with Gasteiger partial charge in [0, 0.05) is 37.9 Å². The molecule has 1 aromatic carbocycles. The van der Waals surface area contributed by atoms with Crippen LogP contribution < -0.4 is 0 Å². The molecule has 6 nitrogen and oxygen atoms in total. The zero-order valence-electron chi connectivity index (χ0n) is 18.9. The van der Waals surface area contributed by atoms with E-state index in [1.165, 1.54) is 0 Å². The first-order chi connectivity index (χ1) is 14.9. The van der Waals surface area contributed by atoms with Crippen molar-refractivity contribution >= 4 is 12.0 Å². The fraction of sp³-hybridized carbons (Fsp3) is 0.480. The van der Waals surface area contributed by atoms with Crippen LogP contribution in [-0.4, -0.2) is 52.5 Å². The number of carbonyl (C=O) groups excluding carboxylic acids is 2. The van der Waals surface area contributed by atoms with Gasteiger partial charge in [0.25, 0.3) is 0 Å². The summed E-state index contributed by atoms with van der Waals surface area (Å²) >= 11 is 0. The highest BCUT2D eigenvalue weighted by atomic mass is 16.5. The first-order valence-corrected chi connectivity index (χ1v) is 11.0. The third-order valence-corrected chi connectivity index (χ3v) is 6.09. The van der Waals surface area contributed by atoms with Gasteiger partial charge in [-0.3, -0.25) is 4.98 Å². The molecule has 1 saturated heterocycles. The molecule has 2 amide bonds. The number of esters is 1. The maximum Gasteiger partial charge on any atom is 0.329 e. The van der Waals surface area contributed by atoms with Crippen LogP contribution in [0.15, 0.2) is 54.7 Å². The van der Waals surface area contributed by atoms with Crippen molar-refractivity contribution in [2.75, 3.05) is 13.6 Å². The maximum absolute atomic E-state index is 13.4. The minimum Gasteiger partial charge on any atom is -0.459 e. The van der Waals surface area contributed by atoms with Crippen LogP contribution in [0.1, 0.15) is 38.4 Å². The van der Waals surface area contributed by atoms with E-state index in [2.05, 4.69) is 11.9 Å². The SMILES string of the molecule is CC(C)[C@@H](C(=O)OCc1ccccc1)N(C)C(=O)N1CC[C@@H](C)[C@H]1Cc1ccccn1. The molecule has 0 saturated carbocycles. The molecule has 0 bridgehead atoms. The van der Waals surface area contributed by atoms with Gasteiger partial charge >= 0.3 is 12.0 Å². The summed E-state index contributed by atoms with van der Waals surface area (Å²) < 4.78 is 5.57. The fourth-order valence-corrected chi connectivity index (χ4v) is 4.30. The number of hydrogen-bond acceptors (Lipinski definition) is 4. The summed E-state index contributed by atoms with van der Waals surface area (Å²) in [7, 11) is 1.71. The minimum absolute atomic E-state index is 0.0634. The number of nitrogens with zero attached hydrogens (tertiary/aromatic N) is 3. The van der Waals surface area contributed by atoms with Crippen LogP contribution in [0.4, 0.5) is 4.79 Å². The summed E-state index contributed by atoms with van der Waals surface area (Å²) in [6.07, 6.45) is 3.44. The van der Waals surface area contributed by atoms with Crippen molar-refractivity contribution in [3.63, 3.8) is 0 Å². The van der Waals surface area contributed by atoms with Gasteiger partial charge in [0.2, 0.25) is 0 Å². The smallest absolute Gasteiger partial charge is 0.329 e. The van der Waals surface area contributed by atoms with Crippen molar-refractivity contribution in [3.05, 3.63) is 66.0 Å². The van der Waals surface area contributed by atoms with Crippen molar-refractivity contribution in [2.24, 2.45) is 11.8 Å². The lowest BCUT2D eigenvalue weighted by Crippen LogP contribution is -2.53. The van der Waals surface area contributed by atoms with Gasteiger partial charge in [-0.15, -0.1) is 0 Å². The molecule has 0 N–H and O–H groups in total. The summed E-state index contributed by atoms with van der Waals surface area (Å²) in [4.78, 5) is 34.2. The Bertz CT molecular complexity index is 857. The number of likely N-dealkylation sites (N-methyl/N-ethyl adjacent to an activating group) is 1. The van der Waals surface area contributed by atoms with E-state index in [9.17, 15) is 9.59 Å². The van der Waals surface area contributed by atoms with Crippen LogP contribution in [0, 0.1) is 11.8 Å². The molecular formula is C25H33N3O3. The molecule has 2 heterocycles. The van der Waals surface area contributed by atoms with Crippen molar-refractivity contribution in [2.45, 2.75) is 52.3 Å². The molecule has 1 aromatic heterocycles. The molecule has 0 spiro atoms. The number of aromatic nitrogens is 1. The Morgan fingerprint density at radius 3 is 2.52 bits per heavy atom. The normalized spacial score (nSPS) is 19.3. The van der Waals surface area contributed by atoms with E-state index in [0.717, 1.165) is 17.7 Å². The Morgan fingerprint density at radius 2 is 1.87 bits per heavy atom. The fourth-order valence-electron chi connectivity index (χ4n) is 4.30. The third-order valence-electron chi connectivity index (χ3n) is 6.09. The Hall–Kier alpha value is -2.89. The predicted octanol–water partition coefficient (Wildman–Crippen LogP) is 4.15. The number of amides is 2. The number of urea groups is 1. The molecule has 31 heavy (non-hydrogen) atoms. The van der Waals surface area contributed by atoms with Gasteiger partial charge in [0.15, 0.2) is 0 Å². The first-order valence-electron chi connectivity index (χ1n) is 11.0. The second-order valence-corrected chi connectivity index (χ2v) is 8.73. The van der Waals surface area contributed by atoms with Gasteiger partial charge in [-0.2, -0.15) is 0 Å². The number of rotatable bonds is 7. The first kappa shape index (κ1) is 22.8. The van der Waals surface area contributed by atoms with Crippen molar-refractivity contribution in [1.29, 1.82) is 0 Å². The van der Waals surface area contributed by atoms with Crippen LogP contribution in [0.3, 0.4) is 0 Å². The molecule has 0 radical (unpaired) electrons. The van der Waals surface area contributed by atoms with E-state index in [1.54, 1.807) is 18.1 Å². The van der Waals surface area contributed by atoms with Gasteiger partial charge in [-0.25, -0.2) is 9.59 Å². The molecule has 2 aromatic rings. The topological polar surface area (TPSA) is 62.7 Å². The van der Waals surface area contributed by atoms with Gasteiger partial charge in [-0.05, 0) is 36.0 Å². The zero-order chi connectivity index (χ0) is 22.4. The Labute approximate surface area is 185 Å². The number of carbonyl (C=O) groups is 2. The molecule has 1 fully saturated rings. The molecular weight excluding hydrogens is 390 g/mol. The maximum atomic E-state index is 13.4. The molecule has 6 heteroatoms. The molecule has 1 aliphatic heterocycles.